The molecule has 16 heavy (non-hydrogen) atoms. The summed E-state index contributed by atoms with van der Waals surface area (Å²) in [5.74, 6) is -3.02. The summed E-state index contributed by atoms with van der Waals surface area (Å²) in [7, 11) is 1.48. The number of halogens is 3. The summed E-state index contributed by atoms with van der Waals surface area (Å²) in [6.45, 7) is 5.18. The van der Waals surface area contributed by atoms with Crippen LogP contribution in [0.1, 0.15) is 19.4 Å². The van der Waals surface area contributed by atoms with Crippen molar-refractivity contribution in [2.24, 2.45) is 7.05 Å². The van der Waals surface area contributed by atoms with E-state index in [2.05, 4.69) is 4.98 Å². The first kappa shape index (κ1) is 12.5. The second-order valence-corrected chi connectivity index (χ2v) is 3.12. The van der Waals surface area contributed by atoms with E-state index in [0.717, 1.165) is 0 Å². The minimum Gasteiger partial charge on any atom is -0.331 e. The topological polar surface area (TPSA) is 17.8 Å². The average Bonchev–Trinajstić information content (AvgIpc) is 2.68. The summed E-state index contributed by atoms with van der Waals surface area (Å²) in [5, 5.41) is 0. The molecule has 0 aliphatic rings. The van der Waals surface area contributed by atoms with E-state index in [1.807, 2.05) is 13.8 Å². The van der Waals surface area contributed by atoms with Gasteiger partial charge in [0, 0.05) is 12.6 Å². The van der Waals surface area contributed by atoms with Crippen LogP contribution in [0.25, 0.3) is 11.0 Å². The highest BCUT2D eigenvalue weighted by atomic mass is 19.2. The van der Waals surface area contributed by atoms with Gasteiger partial charge in [-0.05, 0) is 6.92 Å². The molecule has 0 amide bonds. The minimum absolute atomic E-state index is 0.135. The minimum atomic E-state index is -1.15. The molecule has 2 rings (SSSR count). The van der Waals surface area contributed by atoms with E-state index in [-0.39, 0.29) is 16.6 Å². The zero-order valence-corrected chi connectivity index (χ0v) is 9.61. The predicted molar refractivity (Wildman–Crippen MR) is 56.7 cm³/mol. The summed E-state index contributed by atoms with van der Waals surface area (Å²) in [4.78, 5) is 3.66. The molecule has 0 radical (unpaired) electrons. The smallest absolute Gasteiger partial charge is 0.185 e. The number of rotatable bonds is 0. The molecule has 1 aromatic heterocycles. The van der Waals surface area contributed by atoms with Crippen molar-refractivity contribution in [1.29, 1.82) is 0 Å². The molecule has 0 bridgehead atoms. The molecule has 2 nitrogen and oxygen atoms in total. The maximum Gasteiger partial charge on any atom is 0.185 e. The number of nitrogens with zero attached hydrogens (tertiary/aromatic N) is 2. The number of hydrogen-bond acceptors (Lipinski definition) is 1. The van der Waals surface area contributed by atoms with E-state index in [9.17, 15) is 13.2 Å². The Morgan fingerprint density at radius 3 is 2.19 bits per heavy atom. The van der Waals surface area contributed by atoms with Crippen molar-refractivity contribution in [2.45, 2.75) is 20.8 Å². The molecule has 1 aromatic carbocycles. The summed E-state index contributed by atoms with van der Waals surface area (Å²) in [6.07, 6.45) is 1.25. The van der Waals surface area contributed by atoms with Gasteiger partial charge in [0.15, 0.2) is 17.5 Å². The Labute approximate surface area is 91.7 Å². The van der Waals surface area contributed by atoms with Crippen molar-refractivity contribution in [1.82, 2.24) is 9.55 Å². The van der Waals surface area contributed by atoms with E-state index < -0.39 is 17.5 Å². The molecule has 88 valence electrons. The molecule has 0 unspecified atom stereocenters. The third-order valence-electron chi connectivity index (χ3n) is 2.20. The Balaban J connectivity index is 0.000000606. The second-order valence-electron chi connectivity index (χ2n) is 3.12. The molecular weight excluding hydrogens is 217 g/mol. The van der Waals surface area contributed by atoms with Gasteiger partial charge in [-0.1, -0.05) is 13.8 Å². The highest BCUT2D eigenvalue weighted by molar-refractivity contribution is 5.77. The fourth-order valence-electron chi connectivity index (χ4n) is 1.39. The van der Waals surface area contributed by atoms with E-state index in [1.54, 1.807) is 0 Å². The van der Waals surface area contributed by atoms with Crippen molar-refractivity contribution >= 4 is 11.0 Å². The van der Waals surface area contributed by atoms with Crippen molar-refractivity contribution in [2.75, 3.05) is 0 Å². The number of aromatic nitrogens is 2. The van der Waals surface area contributed by atoms with Gasteiger partial charge in [-0.15, -0.1) is 0 Å². The molecule has 0 spiro atoms. The number of benzene rings is 1. The van der Waals surface area contributed by atoms with Gasteiger partial charge in [-0.3, -0.25) is 0 Å². The monoisotopic (exact) mass is 230 g/mol. The van der Waals surface area contributed by atoms with E-state index in [0.29, 0.717) is 0 Å². The van der Waals surface area contributed by atoms with Gasteiger partial charge in [-0.25, -0.2) is 18.2 Å². The highest BCUT2D eigenvalue weighted by Crippen LogP contribution is 2.25. The van der Waals surface area contributed by atoms with E-state index >= 15 is 0 Å². The van der Waals surface area contributed by atoms with Crippen LogP contribution in [0.4, 0.5) is 13.2 Å². The van der Waals surface area contributed by atoms with Crippen LogP contribution in [-0.2, 0) is 7.05 Å². The summed E-state index contributed by atoms with van der Waals surface area (Å²) < 4.78 is 41.1. The van der Waals surface area contributed by atoms with Crippen LogP contribution in [0.2, 0.25) is 0 Å². The molecule has 0 atom stereocenters. The normalized spacial score (nSPS) is 10.2. The third kappa shape index (κ3) is 1.66. The van der Waals surface area contributed by atoms with Gasteiger partial charge >= 0.3 is 0 Å². The van der Waals surface area contributed by atoms with Gasteiger partial charge in [0.2, 0.25) is 0 Å². The number of aryl methyl sites for hydroxylation is 1. The van der Waals surface area contributed by atoms with Gasteiger partial charge in [0.25, 0.3) is 0 Å². The Bertz CT molecular complexity index is 518. The maximum absolute atomic E-state index is 13.4. The molecule has 5 heteroatoms. The van der Waals surface area contributed by atoms with Crippen LogP contribution in [0.15, 0.2) is 6.33 Å². The van der Waals surface area contributed by atoms with Crippen LogP contribution in [0.5, 0.6) is 0 Å². The maximum atomic E-state index is 13.4. The molecule has 1 heterocycles. The summed E-state index contributed by atoms with van der Waals surface area (Å²) in [6, 6.07) is 0. The Morgan fingerprint density at radius 1 is 1.06 bits per heavy atom. The molecule has 0 aliphatic carbocycles. The van der Waals surface area contributed by atoms with Crippen molar-refractivity contribution in [3.63, 3.8) is 0 Å². The fraction of sp³-hybridized carbons (Fsp3) is 0.364. The van der Waals surface area contributed by atoms with E-state index in [4.69, 9.17) is 0 Å². The number of hydrogen-bond donors (Lipinski definition) is 0. The molecule has 0 aliphatic heterocycles. The van der Waals surface area contributed by atoms with Crippen LogP contribution >= 0.6 is 0 Å². The Hall–Kier alpha value is -1.52. The summed E-state index contributed by atoms with van der Waals surface area (Å²) in [5.41, 5.74) is -0.622. The molecule has 2 aromatic rings. The standard InChI is InChI=1S/C9H7F3N2.C2H6/c1-4-5(10)7(12)9-8(6(4)11)13-3-14(9)2;1-2/h3H,1-2H3;1-2H3. The van der Waals surface area contributed by atoms with Crippen LogP contribution in [0.3, 0.4) is 0 Å². The van der Waals surface area contributed by atoms with Crippen molar-refractivity contribution < 1.29 is 13.2 Å². The lowest BCUT2D eigenvalue weighted by Gasteiger charge is -2.03. The van der Waals surface area contributed by atoms with Gasteiger partial charge in [0.1, 0.15) is 11.0 Å². The van der Waals surface area contributed by atoms with Crippen LogP contribution in [-0.4, -0.2) is 9.55 Å². The lowest BCUT2D eigenvalue weighted by molar-refractivity contribution is 0.494. The lowest BCUT2D eigenvalue weighted by atomic mass is 10.2. The van der Waals surface area contributed by atoms with Crippen LogP contribution < -0.4 is 0 Å². The Kier molecular flexibility index (Phi) is 3.57. The van der Waals surface area contributed by atoms with Gasteiger partial charge in [-0.2, -0.15) is 0 Å². The molecular formula is C11H13F3N2. The zero-order chi connectivity index (χ0) is 12.5. The SMILES string of the molecule is CC.Cc1c(F)c(F)c2c(ncn2C)c1F. The fourth-order valence-corrected chi connectivity index (χ4v) is 1.39. The highest BCUT2D eigenvalue weighted by Gasteiger charge is 2.20. The average molecular weight is 230 g/mol. The lowest BCUT2D eigenvalue weighted by Crippen LogP contribution is -1.98. The Morgan fingerprint density at radius 2 is 1.62 bits per heavy atom. The quantitative estimate of drug-likeness (QED) is 0.635. The first-order valence-corrected chi connectivity index (χ1v) is 4.98. The predicted octanol–water partition coefficient (Wildman–Crippen LogP) is 3.33. The van der Waals surface area contributed by atoms with Gasteiger partial charge < -0.3 is 4.57 Å². The first-order valence-electron chi connectivity index (χ1n) is 4.98. The zero-order valence-electron chi connectivity index (χ0n) is 9.61. The molecule has 0 saturated heterocycles. The second kappa shape index (κ2) is 4.55. The van der Waals surface area contributed by atoms with Crippen LogP contribution in [0, 0.1) is 24.4 Å². The number of imidazole rings is 1. The summed E-state index contributed by atoms with van der Waals surface area (Å²) >= 11 is 0. The first-order chi connectivity index (χ1) is 7.54. The molecule has 0 fully saturated rings. The molecule has 0 saturated carbocycles. The van der Waals surface area contributed by atoms with Gasteiger partial charge in [0.05, 0.1) is 6.33 Å². The number of fused-ring (bicyclic) bond motifs is 1. The molecule has 0 N–H and O–H groups in total. The van der Waals surface area contributed by atoms with Crippen molar-refractivity contribution in [3.05, 3.63) is 29.3 Å². The largest absolute Gasteiger partial charge is 0.331 e. The third-order valence-corrected chi connectivity index (χ3v) is 2.20. The van der Waals surface area contributed by atoms with E-state index in [1.165, 1.54) is 24.9 Å². The van der Waals surface area contributed by atoms with Crippen molar-refractivity contribution in [3.8, 4) is 0 Å².